The second-order valence-electron chi connectivity index (χ2n) is 8.33. The fourth-order valence-electron chi connectivity index (χ4n) is 4.29. The minimum Gasteiger partial charge on any atom is -0.340 e. The summed E-state index contributed by atoms with van der Waals surface area (Å²) in [6.45, 7) is 4.36. The molecule has 4 aromatic rings. The summed E-state index contributed by atoms with van der Waals surface area (Å²) in [5, 5.41) is 11.6. The van der Waals surface area contributed by atoms with Gasteiger partial charge in [0.05, 0.1) is 17.4 Å². The van der Waals surface area contributed by atoms with Crippen molar-refractivity contribution in [2.45, 2.75) is 38.6 Å². The minimum absolute atomic E-state index is 0.0855. The lowest BCUT2D eigenvalue weighted by molar-refractivity contribution is -0.132. The van der Waals surface area contributed by atoms with Crippen LogP contribution in [0.4, 0.5) is 11.5 Å². The number of amides is 1. The number of hydrogen-bond acceptors (Lipinski definition) is 6. The van der Waals surface area contributed by atoms with Crippen LogP contribution in [0.3, 0.4) is 0 Å². The molecule has 0 radical (unpaired) electrons. The summed E-state index contributed by atoms with van der Waals surface area (Å²) in [5.41, 5.74) is 3.60. The van der Waals surface area contributed by atoms with Gasteiger partial charge in [0, 0.05) is 60.5 Å². The number of piperidine rings is 1. The van der Waals surface area contributed by atoms with E-state index in [1.54, 1.807) is 25.5 Å². The molecule has 1 saturated heterocycles. The van der Waals surface area contributed by atoms with Gasteiger partial charge in [-0.05, 0) is 50.1 Å². The first-order valence-corrected chi connectivity index (χ1v) is 10.8. The second kappa shape index (κ2) is 8.37. The van der Waals surface area contributed by atoms with E-state index < -0.39 is 0 Å². The van der Waals surface area contributed by atoms with Gasteiger partial charge in [-0.25, -0.2) is 9.97 Å². The molecule has 1 aromatic carbocycles. The van der Waals surface area contributed by atoms with Crippen LogP contribution in [-0.4, -0.2) is 48.5 Å². The summed E-state index contributed by atoms with van der Waals surface area (Å²) < 4.78 is 0. The number of benzene rings is 1. The molecular formula is C24H25N7O. The van der Waals surface area contributed by atoms with Crippen LogP contribution in [0.2, 0.25) is 0 Å². The Hall–Kier alpha value is -3.81. The number of pyridine rings is 1. The molecule has 162 valence electrons. The van der Waals surface area contributed by atoms with E-state index >= 15 is 0 Å². The van der Waals surface area contributed by atoms with E-state index in [1.165, 1.54) is 0 Å². The van der Waals surface area contributed by atoms with Crippen molar-refractivity contribution in [2.75, 3.05) is 11.9 Å². The van der Waals surface area contributed by atoms with E-state index in [0.717, 1.165) is 46.5 Å². The zero-order valence-corrected chi connectivity index (χ0v) is 18.1. The number of likely N-dealkylation sites (tertiary alicyclic amines) is 1. The first-order chi connectivity index (χ1) is 15.6. The van der Waals surface area contributed by atoms with E-state index in [1.807, 2.05) is 41.3 Å². The van der Waals surface area contributed by atoms with Crippen LogP contribution < -0.4 is 5.32 Å². The van der Waals surface area contributed by atoms with Gasteiger partial charge in [-0.3, -0.25) is 14.9 Å². The summed E-state index contributed by atoms with van der Waals surface area (Å²) in [7, 11) is 0. The van der Waals surface area contributed by atoms with Gasteiger partial charge in [0.25, 0.3) is 0 Å². The molecule has 0 saturated carbocycles. The Balaban J connectivity index is 1.52. The number of nitrogens with one attached hydrogen (secondary N) is 2. The summed E-state index contributed by atoms with van der Waals surface area (Å²) >= 11 is 0. The van der Waals surface area contributed by atoms with E-state index in [-0.39, 0.29) is 17.9 Å². The molecular weight excluding hydrogens is 402 g/mol. The SMILES string of the molecule is CC(=O)N1C[C@H](c2nc(Nc3ccc4cn[nH]c4c3)cc(-c3cccnc3)n2)CC[C@@H]1C. The number of anilines is 2. The molecule has 0 aliphatic carbocycles. The third-order valence-corrected chi connectivity index (χ3v) is 6.07. The lowest BCUT2D eigenvalue weighted by atomic mass is 9.92. The van der Waals surface area contributed by atoms with E-state index in [2.05, 4.69) is 27.4 Å². The van der Waals surface area contributed by atoms with Gasteiger partial charge in [0.15, 0.2) is 0 Å². The summed E-state index contributed by atoms with van der Waals surface area (Å²) in [4.78, 5) is 28.0. The van der Waals surface area contributed by atoms with Crippen LogP contribution in [0, 0.1) is 0 Å². The number of carbonyl (C=O) groups excluding carboxylic acids is 1. The van der Waals surface area contributed by atoms with Crippen molar-refractivity contribution >= 4 is 28.3 Å². The number of carbonyl (C=O) groups is 1. The number of aromatic nitrogens is 5. The Labute approximate surface area is 186 Å². The van der Waals surface area contributed by atoms with Crippen molar-refractivity contribution in [3.8, 4) is 11.3 Å². The molecule has 2 atom stereocenters. The van der Waals surface area contributed by atoms with Gasteiger partial charge in [0.1, 0.15) is 11.6 Å². The normalized spacial score (nSPS) is 18.6. The van der Waals surface area contributed by atoms with Crippen molar-refractivity contribution < 1.29 is 4.79 Å². The molecule has 8 heteroatoms. The highest BCUT2D eigenvalue weighted by Gasteiger charge is 2.30. The zero-order chi connectivity index (χ0) is 22.1. The van der Waals surface area contributed by atoms with Gasteiger partial charge in [-0.1, -0.05) is 0 Å². The topological polar surface area (TPSA) is 99.7 Å². The fourth-order valence-corrected chi connectivity index (χ4v) is 4.29. The van der Waals surface area contributed by atoms with Gasteiger partial charge >= 0.3 is 0 Å². The minimum atomic E-state index is 0.0855. The third-order valence-electron chi connectivity index (χ3n) is 6.07. The lowest BCUT2D eigenvalue weighted by Gasteiger charge is -2.37. The molecule has 1 aliphatic rings. The number of hydrogen-bond donors (Lipinski definition) is 2. The molecule has 2 N–H and O–H groups in total. The number of H-pyrrole nitrogens is 1. The molecule has 4 heterocycles. The third kappa shape index (κ3) is 4.03. The first-order valence-electron chi connectivity index (χ1n) is 10.8. The smallest absolute Gasteiger partial charge is 0.219 e. The van der Waals surface area contributed by atoms with Crippen molar-refractivity contribution in [1.82, 2.24) is 30.0 Å². The Morgan fingerprint density at radius 3 is 2.88 bits per heavy atom. The van der Waals surface area contributed by atoms with Crippen molar-refractivity contribution in [3.63, 3.8) is 0 Å². The predicted molar refractivity (Wildman–Crippen MR) is 123 cm³/mol. The standard InChI is InChI=1S/C24H25N7O/c1-15-5-6-19(14-31(15)16(2)32)24-28-21(17-4-3-9-25-12-17)11-23(29-24)27-20-8-7-18-13-26-30-22(18)10-20/h3-4,7-13,15,19H,5-6,14H2,1-2H3,(H,26,30)(H,27,28,29)/t15-,19+/m0/s1. The van der Waals surface area contributed by atoms with Crippen LogP contribution in [0.1, 0.15) is 38.4 Å². The average Bonchev–Trinajstić information content (AvgIpc) is 3.27. The molecule has 0 bridgehead atoms. The number of nitrogens with zero attached hydrogens (tertiary/aromatic N) is 5. The van der Waals surface area contributed by atoms with Crippen LogP contribution in [0.5, 0.6) is 0 Å². The largest absolute Gasteiger partial charge is 0.340 e. The molecule has 3 aromatic heterocycles. The quantitative estimate of drug-likeness (QED) is 0.504. The predicted octanol–water partition coefficient (Wildman–Crippen LogP) is 4.27. The number of aromatic amines is 1. The van der Waals surface area contributed by atoms with Crippen molar-refractivity contribution in [2.24, 2.45) is 0 Å². The Bertz CT molecular complexity index is 1250. The van der Waals surface area contributed by atoms with E-state index in [4.69, 9.17) is 9.97 Å². The van der Waals surface area contributed by atoms with Crippen LogP contribution in [0.25, 0.3) is 22.2 Å². The molecule has 1 fully saturated rings. The summed E-state index contributed by atoms with van der Waals surface area (Å²) in [5.74, 6) is 1.63. The van der Waals surface area contributed by atoms with E-state index in [0.29, 0.717) is 12.4 Å². The summed E-state index contributed by atoms with van der Waals surface area (Å²) in [6.07, 6.45) is 7.23. The van der Waals surface area contributed by atoms with E-state index in [9.17, 15) is 4.79 Å². The lowest BCUT2D eigenvalue weighted by Crippen LogP contribution is -2.44. The van der Waals surface area contributed by atoms with Gasteiger partial charge in [0.2, 0.25) is 5.91 Å². The maximum absolute atomic E-state index is 12.1. The molecule has 5 rings (SSSR count). The fraction of sp³-hybridized carbons (Fsp3) is 0.292. The Morgan fingerprint density at radius 1 is 1.16 bits per heavy atom. The van der Waals surface area contributed by atoms with Gasteiger partial charge in [-0.15, -0.1) is 0 Å². The summed E-state index contributed by atoms with van der Waals surface area (Å²) in [6, 6.07) is 12.1. The molecule has 32 heavy (non-hydrogen) atoms. The first kappa shape index (κ1) is 20.1. The highest BCUT2D eigenvalue weighted by molar-refractivity contribution is 5.82. The van der Waals surface area contributed by atoms with Crippen molar-refractivity contribution in [3.05, 3.63) is 60.8 Å². The monoisotopic (exact) mass is 427 g/mol. The maximum atomic E-state index is 12.1. The second-order valence-corrected chi connectivity index (χ2v) is 8.33. The molecule has 0 spiro atoms. The molecule has 1 amide bonds. The average molecular weight is 428 g/mol. The van der Waals surface area contributed by atoms with Crippen molar-refractivity contribution in [1.29, 1.82) is 0 Å². The molecule has 8 nitrogen and oxygen atoms in total. The number of fused-ring (bicyclic) bond motifs is 1. The molecule has 1 aliphatic heterocycles. The maximum Gasteiger partial charge on any atom is 0.219 e. The van der Waals surface area contributed by atoms with Crippen LogP contribution >= 0.6 is 0 Å². The number of rotatable bonds is 4. The van der Waals surface area contributed by atoms with Gasteiger partial charge < -0.3 is 10.2 Å². The molecule has 0 unspecified atom stereocenters. The van der Waals surface area contributed by atoms with Crippen LogP contribution in [-0.2, 0) is 4.79 Å². The van der Waals surface area contributed by atoms with Gasteiger partial charge in [-0.2, -0.15) is 5.10 Å². The Kier molecular flexibility index (Phi) is 5.26. The highest BCUT2D eigenvalue weighted by Crippen LogP contribution is 2.31. The Morgan fingerprint density at radius 2 is 2.06 bits per heavy atom. The zero-order valence-electron chi connectivity index (χ0n) is 18.1. The van der Waals surface area contributed by atoms with Crippen LogP contribution in [0.15, 0.2) is 55.0 Å². The highest BCUT2D eigenvalue weighted by atomic mass is 16.2.